The van der Waals surface area contributed by atoms with Crippen LogP contribution in [0, 0.1) is 0 Å². The van der Waals surface area contributed by atoms with E-state index in [-0.39, 0.29) is 41.2 Å². The Labute approximate surface area is 143 Å². The highest BCUT2D eigenvalue weighted by molar-refractivity contribution is 5.88. The zero-order valence-electron chi connectivity index (χ0n) is 12.9. The van der Waals surface area contributed by atoms with Gasteiger partial charge in [-0.3, -0.25) is 0 Å². The van der Waals surface area contributed by atoms with Gasteiger partial charge < -0.3 is 37.2 Å². The minimum atomic E-state index is -0.147. The Morgan fingerprint density at radius 1 is 0.833 bits per heavy atom. The van der Waals surface area contributed by atoms with Gasteiger partial charge in [0, 0.05) is 18.2 Å². The highest BCUT2D eigenvalue weighted by Crippen LogP contribution is 2.40. The fourth-order valence-corrected chi connectivity index (χ4v) is 2.32. The molecule has 0 spiro atoms. The van der Waals surface area contributed by atoms with E-state index in [9.17, 15) is 15.3 Å². The van der Waals surface area contributed by atoms with Gasteiger partial charge >= 0.3 is 11.3 Å². The minimum absolute atomic E-state index is 0. The van der Waals surface area contributed by atoms with Gasteiger partial charge in [-0.15, -0.1) is 0 Å². The monoisotopic (exact) mass is 350 g/mol. The molecule has 0 aliphatic carbocycles. The minimum Gasteiger partial charge on any atom is -1.00 e. The van der Waals surface area contributed by atoms with Crippen LogP contribution in [0.15, 0.2) is 40.8 Å². The normalized spacial score (nSPS) is 10.2. The zero-order chi connectivity index (χ0) is 16.6. The van der Waals surface area contributed by atoms with E-state index in [1.807, 2.05) is 0 Å². The van der Waals surface area contributed by atoms with Crippen LogP contribution in [0.4, 0.5) is 0 Å². The number of phenols is 2. The summed E-state index contributed by atoms with van der Waals surface area (Å²) >= 11 is 0. The molecule has 3 rings (SSSR count). The topological polar surface area (TPSA) is 90.5 Å². The van der Waals surface area contributed by atoms with Gasteiger partial charge in [-0.1, -0.05) is 0 Å². The molecule has 24 heavy (non-hydrogen) atoms. The van der Waals surface area contributed by atoms with E-state index in [0.29, 0.717) is 22.3 Å². The largest absolute Gasteiger partial charge is 1.00 e. The van der Waals surface area contributed by atoms with Gasteiger partial charge in [-0.2, -0.15) is 0 Å². The third kappa shape index (κ3) is 2.96. The molecule has 0 bridgehead atoms. The van der Waals surface area contributed by atoms with Crippen molar-refractivity contribution in [3.8, 4) is 40.1 Å². The smallest absolute Gasteiger partial charge is 0.402 e. The summed E-state index contributed by atoms with van der Waals surface area (Å²) in [6.07, 6.45) is 0. The molecule has 0 radical (unpaired) electrons. The van der Waals surface area contributed by atoms with Crippen LogP contribution in [0.2, 0.25) is 0 Å². The van der Waals surface area contributed by atoms with Gasteiger partial charge in [0.25, 0.3) is 0 Å². The van der Waals surface area contributed by atoms with Crippen molar-refractivity contribution in [1.29, 1.82) is 0 Å². The Balaban J connectivity index is 0.00000208. The molecule has 0 saturated heterocycles. The van der Waals surface area contributed by atoms with Crippen molar-refractivity contribution in [2.24, 2.45) is 0 Å². The fraction of sp³-hybridized carbons (Fsp3) is 0.118. The summed E-state index contributed by atoms with van der Waals surface area (Å²) in [6, 6.07) is 9.01. The van der Waals surface area contributed by atoms with Crippen LogP contribution in [0.25, 0.3) is 22.3 Å². The molecule has 1 heterocycles. The van der Waals surface area contributed by atoms with Crippen LogP contribution >= 0.6 is 0 Å². The first kappa shape index (κ1) is 17.5. The first-order valence-electron chi connectivity index (χ1n) is 6.77. The molecule has 0 aliphatic rings. The number of rotatable bonds is 3. The molecule has 6 nitrogen and oxygen atoms in total. The van der Waals surface area contributed by atoms with Gasteiger partial charge in [0.1, 0.15) is 16.9 Å². The lowest BCUT2D eigenvalue weighted by Crippen LogP contribution is -3.00. The maximum absolute atomic E-state index is 10.2. The van der Waals surface area contributed by atoms with Gasteiger partial charge in [0.2, 0.25) is 5.75 Å². The molecule has 0 unspecified atom stereocenters. The Bertz CT molecular complexity index is 894. The second kappa shape index (κ2) is 6.72. The number of benzene rings is 2. The van der Waals surface area contributed by atoms with E-state index in [1.165, 1.54) is 32.4 Å². The maximum Gasteiger partial charge on any atom is 0.402 e. The Hall–Kier alpha value is -2.86. The van der Waals surface area contributed by atoms with Crippen molar-refractivity contribution in [3.63, 3.8) is 0 Å². The van der Waals surface area contributed by atoms with Crippen LogP contribution in [0.5, 0.6) is 28.7 Å². The number of hydrogen-bond donors (Lipinski definition) is 3. The standard InChI is InChI=1S/C17H14O6.ClH/c1-21-10-6-13(19)11-8-14(20)17(23-15(11)7-10)9-3-4-12(18)16(5-9)22-2;/h3-8H,1-2H3,(H2-,18,19,20);1H. The molecular formula is C17H15ClO6. The molecule has 1 aromatic heterocycles. The highest BCUT2D eigenvalue weighted by atomic mass is 35.5. The fourth-order valence-electron chi connectivity index (χ4n) is 2.32. The highest BCUT2D eigenvalue weighted by Gasteiger charge is 2.25. The van der Waals surface area contributed by atoms with E-state index in [4.69, 9.17) is 13.9 Å². The lowest BCUT2D eigenvalue weighted by Gasteiger charge is -2.04. The van der Waals surface area contributed by atoms with Crippen LogP contribution in [-0.4, -0.2) is 29.5 Å². The molecular weight excluding hydrogens is 336 g/mol. The molecule has 0 fully saturated rings. The summed E-state index contributed by atoms with van der Waals surface area (Å²) < 4.78 is 15.9. The number of fused-ring (bicyclic) bond motifs is 1. The SMILES string of the molecule is COc1cc(O)c2cc(O)c(-c3ccc(O)c(OC)c3)[o+]c2c1.[Cl-]. The van der Waals surface area contributed by atoms with Crippen molar-refractivity contribution in [3.05, 3.63) is 36.4 Å². The van der Waals surface area contributed by atoms with E-state index in [2.05, 4.69) is 0 Å². The van der Waals surface area contributed by atoms with Gasteiger partial charge in [-0.25, -0.2) is 4.42 Å². The zero-order valence-corrected chi connectivity index (χ0v) is 13.7. The Morgan fingerprint density at radius 3 is 2.25 bits per heavy atom. The van der Waals surface area contributed by atoms with Crippen LogP contribution < -0.4 is 21.9 Å². The summed E-state index contributed by atoms with van der Waals surface area (Å²) in [5.74, 6) is 0.641. The number of ether oxygens (including phenoxy) is 2. The molecule has 3 aromatic rings. The second-order valence-electron chi connectivity index (χ2n) is 4.91. The van der Waals surface area contributed by atoms with Gasteiger partial charge in [-0.05, 0) is 12.1 Å². The van der Waals surface area contributed by atoms with Crippen molar-refractivity contribution >= 4 is 11.0 Å². The first-order chi connectivity index (χ1) is 11.0. The summed E-state index contributed by atoms with van der Waals surface area (Å²) in [6.45, 7) is 0. The summed E-state index contributed by atoms with van der Waals surface area (Å²) in [5, 5.41) is 30.2. The van der Waals surface area contributed by atoms with Crippen LogP contribution in [0.1, 0.15) is 0 Å². The third-order valence-corrected chi connectivity index (χ3v) is 3.50. The number of hydrogen-bond acceptors (Lipinski definition) is 5. The molecule has 3 N–H and O–H groups in total. The molecule has 0 atom stereocenters. The van der Waals surface area contributed by atoms with Crippen molar-refractivity contribution < 1.29 is 41.6 Å². The number of methoxy groups -OCH3 is 2. The molecule has 7 heteroatoms. The van der Waals surface area contributed by atoms with E-state index < -0.39 is 0 Å². The predicted molar refractivity (Wildman–Crippen MR) is 84.2 cm³/mol. The molecule has 126 valence electrons. The number of aromatic hydroxyl groups is 3. The quantitative estimate of drug-likeness (QED) is 0.597. The lowest BCUT2D eigenvalue weighted by atomic mass is 10.1. The summed E-state index contributed by atoms with van der Waals surface area (Å²) in [7, 11) is 2.91. The Kier molecular flexibility index (Phi) is 4.90. The first-order valence-corrected chi connectivity index (χ1v) is 6.77. The number of halogens is 1. The van der Waals surface area contributed by atoms with E-state index >= 15 is 0 Å². The molecule has 0 saturated carbocycles. The van der Waals surface area contributed by atoms with Crippen LogP contribution in [-0.2, 0) is 0 Å². The second-order valence-corrected chi connectivity index (χ2v) is 4.91. The summed E-state index contributed by atoms with van der Waals surface area (Å²) in [4.78, 5) is 0. The average Bonchev–Trinajstić information content (AvgIpc) is 2.55. The average molecular weight is 351 g/mol. The van der Waals surface area contributed by atoms with Crippen molar-refractivity contribution in [1.82, 2.24) is 0 Å². The van der Waals surface area contributed by atoms with Gasteiger partial charge in [0.05, 0.1) is 25.8 Å². The lowest BCUT2D eigenvalue weighted by molar-refractivity contribution is -0.00000851. The molecule has 0 aliphatic heterocycles. The maximum atomic E-state index is 10.2. The third-order valence-electron chi connectivity index (χ3n) is 3.50. The van der Waals surface area contributed by atoms with E-state index in [1.54, 1.807) is 18.2 Å². The summed E-state index contributed by atoms with van der Waals surface area (Å²) in [5.41, 5.74) is 0.864. The van der Waals surface area contributed by atoms with Crippen molar-refractivity contribution in [2.45, 2.75) is 0 Å². The van der Waals surface area contributed by atoms with Crippen molar-refractivity contribution in [2.75, 3.05) is 14.2 Å². The number of phenolic OH excluding ortho intramolecular Hbond substituents is 2. The van der Waals surface area contributed by atoms with Crippen LogP contribution in [0.3, 0.4) is 0 Å². The predicted octanol–water partition coefficient (Wildman–Crippen LogP) is 0.519. The van der Waals surface area contributed by atoms with E-state index in [0.717, 1.165) is 0 Å². The Morgan fingerprint density at radius 2 is 1.58 bits per heavy atom. The van der Waals surface area contributed by atoms with Gasteiger partial charge in [0.15, 0.2) is 11.5 Å². The molecule has 2 aromatic carbocycles. The molecule has 0 amide bonds.